The monoisotopic (exact) mass is 396 g/mol. The van der Waals surface area contributed by atoms with E-state index in [1.165, 1.54) is 0 Å². The van der Waals surface area contributed by atoms with Crippen LogP contribution in [0, 0.1) is 19.8 Å². The van der Waals surface area contributed by atoms with Crippen LogP contribution in [0.3, 0.4) is 0 Å². The predicted molar refractivity (Wildman–Crippen MR) is 118 cm³/mol. The standard InChI is InChI=1S/C24H33N3O2/c1-17(2)14-21(20-12-7-6-8-13-20)25-22(28)15-27(5)16-23(29)26-24-18(3)10-9-11-19(24)4/h6-13,17,21H,14-16H2,1-5H3,(H,25,28)(H,26,29)/p+1/t21-/m1/s1. The number of amides is 2. The van der Waals surface area contributed by atoms with Crippen molar-refractivity contribution in [1.82, 2.24) is 5.32 Å². The van der Waals surface area contributed by atoms with Gasteiger partial charge < -0.3 is 15.5 Å². The van der Waals surface area contributed by atoms with Gasteiger partial charge in [0, 0.05) is 5.69 Å². The highest BCUT2D eigenvalue weighted by Gasteiger charge is 2.20. The van der Waals surface area contributed by atoms with Crippen LogP contribution in [0.25, 0.3) is 0 Å². The molecule has 0 fully saturated rings. The molecule has 2 aromatic rings. The summed E-state index contributed by atoms with van der Waals surface area (Å²) in [5, 5.41) is 6.13. The molecule has 0 bridgehead atoms. The first-order valence-electron chi connectivity index (χ1n) is 10.3. The molecule has 0 aliphatic carbocycles. The number of carbonyl (C=O) groups excluding carboxylic acids is 2. The first kappa shape index (κ1) is 22.6. The highest BCUT2D eigenvalue weighted by molar-refractivity contribution is 5.93. The van der Waals surface area contributed by atoms with Gasteiger partial charge in [-0.15, -0.1) is 0 Å². The lowest BCUT2D eigenvalue weighted by Gasteiger charge is -2.22. The van der Waals surface area contributed by atoms with Crippen molar-refractivity contribution in [3.63, 3.8) is 0 Å². The number of para-hydroxylation sites is 1. The summed E-state index contributed by atoms with van der Waals surface area (Å²) >= 11 is 0. The summed E-state index contributed by atoms with van der Waals surface area (Å²) in [4.78, 5) is 25.9. The summed E-state index contributed by atoms with van der Waals surface area (Å²) in [7, 11) is 1.86. The molecule has 3 N–H and O–H groups in total. The van der Waals surface area contributed by atoms with Gasteiger partial charge in [0.25, 0.3) is 11.8 Å². The molecule has 29 heavy (non-hydrogen) atoms. The van der Waals surface area contributed by atoms with Gasteiger partial charge in [-0.2, -0.15) is 0 Å². The third-order valence-electron chi connectivity index (χ3n) is 4.91. The van der Waals surface area contributed by atoms with Crippen LogP contribution < -0.4 is 15.5 Å². The molecule has 5 nitrogen and oxygen atoms in total. The Balaban J connectivity index is 1.91. The first-order chi connectivity index (χ1) is 13.8. The molecule has 0 saturated carbocycles. The summed E-state index contributed by atoms with van der Waals surface area (Å²) in [6.07, 6.45) is 0.877. The first-order valence-corrected chi connectivity index (χ1v) is 10.3. The van der Waals surface area contributed by atoms with Crippen molar-refractivity contribution in [2.45, 2.75) is 40.2 Å². The molecule has 2 amide bonds. The van der Waals surface area contributed by atoms with Gasteiger partial charge in [-0.1, -0.05) is 62.4 Å². The van der Waals surface area contributed by atoms with Gasteiger partial charge in [-0.05, 0) is 42.9 Å². The minimum absolute atomic E-state index is 0.0139. The van der Waals surface area contributed by atoms with Crippen molar-refractivity contribution in [3.05, 3.63) is 65.2 Å². The Morgan fingerprint density at radius 3 is 2.07 bits per heavy atom. The lowest BCUT2D eigenvalue weighted by molar-refractivity contribution is -0.862. The molecule has 1 unspecified atom stereocenters. The van der Waals surface area contributed by atoms with E-state index in [1.807, 2.05) is 69.4 Å². The number of anilines is 1. The van der Waals surface area contributed by atoms with Crippen molar-refractivity contribution in [2.24, 2.45) is 5.92 Å². The normalized spacial score (nSPS) is 13.0. The number of aryl methyl sites for hydroxylation is 2. The molecular weight excluding hydrogens is 362 g/mol. The summed E-state index contributed by atoms with van der Waals surface area (Å²) in [6.45, 7) is 8.74. The smallest absolute Gasteiger partial charge is 0.279 e. The van der Waals surface area contributed by atoms with Gasteiger partial charge in [-0.25, -0.2) is 0 Å². The molecule has 0 radical (unpaired) electrons. The number of quaternary nitrogens is 1. The number of nitrogens with one attached hydrogen (secondary N) is 3. The summed E-state index contributed by atoms with van der Waals surface area (Å²) in [5.41, 5.74) is 4.04. The van der Waals surface area contributed by atoms with Crippen LogP contribution in [0.5, 0.6) is 0 Å². The van der Waals surface area contributed by atoms with Crippen molar-refractivity contribution in [2.75, 3.05) is 25.5 Å². The van der Waals surface area contributed by atoms with E-state index in [0.29, 0.717) is 5.92 Å². The van der Waals surface area contributed by atoms with Crippen molar-refractivity contribution >= 4 is 17.5 Å². The minimum Gasteiger partial charge on any atom is -0.344 e. The maximum Gasteiger partial charge on any atom is 0.279 e. The Morgan fingerprint density at radius 2 is 1.48 bits per heavy atom. The van der Waals surface area contributed by atoms with E-state index < -0.39 is 0 Å². The van der Waals surface area contributed by atoms with Gasteiger partial charge in [0.2, 0.25) is 0 Å². The molecular formula is C24H34N3O2+. The highest BCUT2D eigenvalue weighted by atomic mass is 16.2. The third kappa shape index (κ3) is 7.35. The van der Waals surface area contributed by atoms with Crippen LogP contribution in [0.2, 0.25) is 0 Å². The van der Waals surface area contributed by atoms with Gasteiger partial charge in [-0.3, -0.25) is 9.59 Å². The molecule has 2 aromatic carbocycles. The van der Waals surface area contributed by atoms with E-state index in [0.717, 1.165) is 33.7 Å². The zero-order chi connectivity index (χ0) is 21.4. The topological polar surface area (TPSA) is 62.6 Å². The molecule has 5 heteroatoms. The largest absolute Gasteiger partial charge is 0.344 e. The molecule has 0 aliphatic heterocycles. The number of benzene rings is 2. The predicted octanol–water partition coefficient (Wildman–Crippen LogP) is 2.66. The van der Waals surface area contributed by atoms with Crippen molar-refractivity contribution in [3.8, 4) is 0 Å². The summed E-state index contributed by atoms with van der Waals surface area (Å²) in [5.74, 6) is 0.333. The van der Waals surface area contributed by atoms with E-state index in [2.05, 4.69) is 24.5 Å². The molecule has 0 aromatic heterocycles. The second-order valence-electron chi connectivity index (χ2n) is 8.29. The number of rotatable bonds is 9. The number of hydrogen-bond donors (Lipinski definition) is 3. The number of carbonyl (C=O) groups is 2. The van der Waals surface area contributed by atoms with E-state index >= 15 is 0 Å². The lowest BCUT2D eigenvalue weighted by Crippen LogP contribution is -3.11. The average Bonchev–Trinajstić information content (AvgIpc) is 2.64. The van der Waals surface area contributed by atoms with Crippen LogP contribution in [0.4, 0.5) is 5.69 Å². The summed E-state index contributed by atoms with van der Waals surface area (Å²) in [6, 6.07) is 16.0. The van der Waals surface area contributed by atoms with Gasteiger partial charge >= 0.3 is 0 Å². The average molecular weight is 397 g/mol. The van der Waals surface area contributed by atoms with E-state index in [1.54, 1.807) is 0 Å². The minimum atomic E-state index is -0.0884. The maximum absolute atomic E-state index is 12.6. The maximum atomic E-state index is 12.6. The number of hydrogen-bond acceptors (Lipinski definition) is 2. The fourth-order valence-electron chi connectivity index (χ4n) is 3.49. The second kappa shape index (κ2) is 10.8. The highest BCUT2D eigenvalue weighted by Crippen LogP contribution is 2.21. The van der Waals surface area contributed by atoms with Crippen molar-refractivity contribution in [1.29, 1.82) is 0 Å². The van der Waals surface area contributed by atoms with Crippen molar-refractivity contribution < 1.29 is 14.5 Å². The van der Waals surface area contributed by atoms with E-state index in [-0.39, 0.29) is 30.9 Å². The molecule has 0 spiro atoms. The second-order valence-corrected chi connectivity index (χ2v) is 8.29. The van der Waals surface area contributed by atoms with Crippen LogP contribution in [-0.2, 0) is 9.59 Å². The quantitative estimate of drug-likeness (QED) is 0.610. The molecule has 156 valence electrons. The van der Waals surface area contributed by atoms with Crippen LogP contribution in [0.15, 0.2) is 48.5 Å². The van der Waals surface area contributed by atoms with E-state index in [9.17, 15) is 9.59 Å². The fourth-order valence-corrected chi connectivity index (χ4v) is 3.49. The lowest BCUT2D eigenvalue weighted by atomic mass is 9.97. The Bertz CT molecular complexity index is 798. The molecule has 0 saturated heterocycles. The Hall–Kier alpha value is -2.66. The van der Waals surface area contributed by atoms with Gasteiger partial charge in [0.1, 0.15) is 0 Å². The fraction of sp³-hybridized carbons (Fsp3) is 0.417. The van der Waals surface area contributed by atoms with Gasteiger partial charge in [0.15, 0.2) is 13.1 Å². The molecule has 2 rings (SSSR count). The zero-order valence-electron chi connectivity index (χ0n) is 18.2. The Morgan fingerprint density at radius 1 is 0.897 bits per heavy atom. The zero-order valence-corrected chi connectivity index (χ0v) is 18.2. The van der Waals surface area contributed by atoms with Crippen LogP contribution >= 0.6 is 0 Å². The Kier molecular flexibility index (Phi) is 8.40. The van der Waals surface area contributed by atoms with Gasteiger partial charge in [0.05, 0.1) is 13.1 Å². The summed E-state index contributed by atoms with van der Waals surface area (Å²) < 4.78 is 0. The SMILES string of the molecule is Cc1cccc(C)c1NC(=O)C[NH+](C)CC(=O)N[C@H](CC(C)C)c1ccccc1. The molecule has 0 heterocycles. The number of likely N-dealkylation sites (N-methyl/N-ethyl adjacent to an activating group) is 1. The third-order valence-corrected chi connectivity index (χ3v) is 4.91. The molecule has 2 atom stereocenters. The van der Waals surface area contributed by atoms with Crippen LogP contribution in [-0.4, -0.2) is 32.0 Å². The Labute approximate surface area is 174 Å². The van der Waals surface area contributed by atoms with Crippen LogP contribution in [0.1, 0.15) is 43.0 Å². The molecule has 0 aliphatic rings. The van der Waals surface area contributed by atoms with E-state index in [4.69, 9.17) is 0 Å².